The van der Waals surface area contributed by atoms with Crippen molar-refractivity contribution in [3.05, 3.63) is 60.1 Å². The molecule has 1 N–H and O–H groups in total. The monoisotopic (exact) mass is 473 g/mol. The zero-order valence-corrected chi connectivity index (χ0v) is 18.3. The summed E-state index contributed by atoms with van der Waals surface area (Å²) >= 11 is 0. The van der Waals surface area contributed by atoms with Crippen molar-refractivity contribution in [2.24, 2.45) is 0 Å². The number of hydrogen-bond donors (Lipinski definition) is 1. The first-order valence-corrected chi connectivity index (χ1v) is 10.7. The van der Waals surface area contributed by atoms with Gasteiger partial charge in [-0.15, -0.1) is 0 Å². The van der Waals surface area contributed by atoms with Crippen LogP contribution in [0.5, 0.6) is 0 Å². The van der Waals surface area contributed by atoms with E-state index in [1.54, 1.807) is 35.2 Å². The number of aromatic nitrogens is 2. The molecule has 11 heteroatoms. The SMILES string of the molecule is CCC(=O)N1CCN(c2ccc(NC(=O)c3nc(-c4ccccc4)oc3C(F)(F)F)cn2)CC1. The molecular weight excluding hydrogens is 451 g/mol. The first kappa shape index (κ1) is 23.3. The Morgan fingerprint density at radius 3 is 2.35 bits per heavy atom. The highest BCUT2D eigenvalue weighted by molar-refractivity contribution is 6.04. The molecule has 0 bridgehead atoms. The van der Waals surface area contributed by atoms with Crippen LogP contribution in [0, 0.1) is 0 Å². The molecular formula is C23H22F3N5O3. The molecule has 1 aliphatic rings. The lowest BCUT2D eigenvalue weighted by molar-refractivity contribution is -0.153. The van der Waals surface area contributed by atoms with Crippen LogP contribution in [0.1, 0.15) is 29.6 Å². The van der Waals surface area contributed by atoms with Gasteiger partial charge in [0.15, 0.2) is 5.69 Å². The maximum Gasteiger partial charge on any atom is 0.452 e. The van der Waals surface area contributed by atoms with Gasteiger partial charge in [-0.25, -0.2) is 9.97 Å². The van der Waals surface area contributed by atoms with Crippen molar-refractivity contribution in [2.75, 3.05) is 36.4 Å². The highest BCUT2D eigenvalue weighted by Gasteiger charge is 2.42. The molecule has 0 spiro atoms. The number of halogens is 3. The van der Waals surface area contributed by atoms with E-state index in [1.807, 2.05) is 11.8 Å². The third-order valence-corrected chi connectivity index (χ3v) is 5.39. The summed E-state index contributed by atoms with van der Waals surface area (Å²) in [5.41, 5.74) is -0.322. The van der Waals surface area contributed by atoms with E-state index in [4.69, 9.17) is 4.42 Å². The van der Waals surface area contributed by atoms with E-state index in [0.29, 0.717) is 44.0 Å². The molecule has 0 atom stereocenters. The number of anilines is 2. The molecule has 3 aromatic rings. The van der Waals surface area contributed by atoms with Gasteiger partial charge in [0.2, 0.25) is 17.6 Å². The van der Waals surface area contributed by atoms with Crippen molar-refractivity contribution in [1.29, 1.82) is 0 Å². The largest absolute Gasteiger partial charge is 0.452 e. The molecule has 1 aliphatic heterocycles. The summed E-state index contributed by atoms with van der Waals surface area (Å²) in [6.45, 7) is 4.22. The van der Waals surface area contributed by atoms with E-state index in [0.717, 1.165) is 0 Å². The molecule has 2 aromatic heterocycles. The van der Waals surface area contributed by atoms with Crippen LogP contribution in [-0.4, -0.2) is 52.9 Å². The number of alkyl halides is 3. The smallest absolute Gasteiger partial charge is 0.431 e. The van der Waals surface area contributed by atoms with E-state index < -0.39 is 23.5 Å². The van der Waals surface area contributed by atoms with Gasteiger partial charge < -0.3 is 19.5 Å². The third kappa shape index (κ3) is 5.03. The van der Waals surface area contributed by atoms with Crippen LogP contribution >= 0.6 is 0 Å². The van der Waals surface area contributed by atoms with Crippen LogP contribution < -0.4 is 10.2 Å². The maximum absolute atomic E-state index is 13.5. The second-order valence-corrected chi connectivity index (χ2v) is 7.64. The van der Waals surface area contributed by atoms with Gasteiger partial charge in [-0.05, 0) is 24.3 Å². The van der Waals surface area contributed by atoms with Gasteiger partial charge in [-0.1, -0.05) is 25.1 Å². The van der Waals surface area contributed by atoms with Gasteiger partial charge in [-0.3, -0.25) is 9.59 Å². The zero-order chi connectivity index (χ0) is 24.3. The molecule has 3 heterocycles. The number of carbonyl (C=O) groups excluding carboxylic acids is 2. The van der Waals surface area contributed by atoms with Crippen LogP contribution in [0.2, 0.25) is 0 Å². The Hall–Kier alpha value is -3.89. The summed E-state index contributed by atoms with van der Waals surface area (Å²) in [4.78, 5) is 36.3. The summed E-state index contributed by atoms with van der Waals surface area (Å²) in [7, 11) is 0. The molecule has 0 radical (unpaired) electrons. The second kappa shape index (κ2) is 9.54. The number of amides is 2. The molecule has 1 saturated heterocycles. The number of oxazole rings is 1. The van der Waals surface area contributed by atoms with Crippen LogP contribution in [0.4, 0.5) is 24.7 Å². The van der Waals surface area contributed by atoms with Crippen LogP contribution in [0.15, 0.2) is 53.1 Å². The van der Waals surface area contributed by atoms with Crippen molar-refractivity contribution < 1.29 is 27.2 Å². The van der Waals surface area contributed by atoms with Crippen molar-refractivity contribution in [3.63, 3.8) is 0 Å². The summed E-state index contributed by atoms with van der Waals surface area (Å²) in [6.07, 6.45) is -3.07. The molecule has 4 rings (SSSR count). The summed E-state index contributed by atoms with van der Waals surface area (Å²) in [5, 5.41) is 2.40. The molecule has 2 amide bonds. The molecule has 1 aromatic carbocycles. The average molecular weight is 473 g/mol. The average Bonchev–Trinajstić information content (AvgIpc) is 3.31. The number of pyridine rings is 1. The van der Waals surface area contributed by atoms with Crippen molar-refractivity contribution in [3.8, 4) is 11.5 Å². The number of piperazine rings is 1. The number of nitrogens with zero attached hydrogens (tertiary/aromatic N) is 4. The third-order valence-electron chi connectivity index (χ3n) is 5.39. The first-order chi connectivity index (χ1) is 16.3. The van der Waals surface area contributed by atoms with Crippen molar-refractivity contribution in [2.45, 2.75) is 19.5 Å². The molecule has 178 valence electrons. The predicted octanol–water partition coefficient (Wildman–Crippen LogP) is 4.07. The minimum Gasteiger partial charge on any atom is -0.431 e. The Balaban J connectivity index is 1.47. The van der Waals surface area contributed by atoms with Gasteiger partial charge in [0.05, 0.1) is 11.9 Å². The van der Waals surface area contributed by atoms with Gasteiger partial charge in [0, 0.05) is 38.2 Å². The number of hydrogen-bond acceptors (Lipinski definition) is 6. The molecule has 0 saturated carbocycles. The van der Waals surface area contributed by atoms with Crippen molar-refractivity contribution in [1.82, 2.24) is 14.9 Å². The predicted molar refractivity (Wildman–Crippen MR) is 118 cm³/mol. The molecule has 8 nitrogen and oxygen atoms in total. The second-order valence-electron chi connectivity index (χ2n) is 7.64. The van der Waals surface area contributed by atoms with E-state index in [-0.39, 0.29) is 17.5 Å². The fourth-order valence-electron chi connectivity index (χ4n) is 3.62. The Kier molecular flexibility index (Phi) is 6.53. The number of benzene rings is 1. The molecule has 0 aliphatic carbocycles. The fraction of sp³-hybridized carbons (Fsp3) is 0.304. The number of nitrogens with one attached hydrogen (secondary N) is 1. The minimum absolute atomic E-state index is 0.104. The number of rotatable bonds is 5. The summed E-state index contributed by atoms with van der Waals surface area (Å²) in [6, 6.07) is 11.2. The minimum atomic E-state index is -4.89. The van der Waals surface area contributed by atoms with Gasteiger partial charge in [0.25, 0.3) is 5.91 Å². The van der Waals surface area contributed by atoms with Crippen LogP contribution in [0.3, 0.4) is 0 Å². The van der Waals surface area contributed by atoms with Gasteiger partial charge in [-0.2, -0.15) is 13.2 Å². The molecule has 1 fully saturated rings. The highest BCUT2D eigenvalue weighted by Crippen LogP contribution is 2.35. The Morgan fingerprint density at radius 2 is 1.76 bits per heavy atom. The lowest BCUT2D eigenvalue weighted by Gasteiger charge is -2.35. The molecule has 0 unspecified atom stereocenters. The van der Waals surface area contributed by atoms with Crippen LogP contribution in [-0.2, 0) is 11.0 Å². The van der Waals surface area contributed by atoms with E-state index in [1.165, 1.54) is 18.3 Å². The normalized spacial score (nSPS) is 14.2. The highest BCUT2D eigenvalue weighted by atomic mass is 19.4. The Labute approximate surface area is 193 Å². The van der Waals surface area contributed by atoms with E-state index >= 15 is 0 Å². The van der Waals surface area contributed by atoms with Crippen molar-refractivity contribution >= 4 is 23.3 Å². The first-order valence-electron chi connectivity index (χ1n) is 10.7. The maximum atomic E-state index is 13.5. The Bertz CT molecular complexity index is 1150. The number of carbonyl (C=O) groups is 2. The van der Waals surface area contributed by atoms with E-state index in [2.05, 4.69) is 15.3 Å². The summed E-state index contributed by atoms with van der Waals surface area (Å²) in [5.74, 6) is -2.07. The lowest BCUT2D eigenvalue weighted by Crippen LogP contribution is -2.48. The summed E-state index contributed by atoms with van der Waals surface area (Å²) < 4.78 is 45.3. The topological polar surface area (TPSA) is 91.6 Å². The van der Waals surface area contributed by atoms with Crippen LogP contribution in [0.25, 0.3) is 11.5 Å². The Morgan fingerprint density at radius 1 is 1.06 bits per heavy atom. The lowest BCUT2D eigenvalue weighted by atomic mass is 10.2. The van der Waals surface area contributed by atoms with Gasteiger partial charge >= 0.3 is 6.18 Å². The quantitative estimate of drug-likeness (QED) is 0.601. The zero-order valence-electron chi connectivity index (χ0n) is 18.3. The fourth-order valence-corrected chi connectivity index (χ4v) is 3.62. The standard InChI is InChI=1S/C23H22F3N5O3/c1-2-18(32)31-12-10-30(11-13-31)17-9-8-16(14-27-17)28-21(33)19-20(23(24,25)26)34-22(29-19)15-6-4-3-5-7-15/h3-9,14H,2,10-13H2,1H3,(H,28,33). The van der Waals surface area contributed by atoms with Gasteiger partial charge in [0.1, 0.15) is 5.82 Å². The van der Waals surface area contributed by atoms with E-state index in [9.17, 15) is 22.8 Å². The molecule has 34 heavy (non-hydrogen) atoms.